The molecule has 1 amide bonds. The van der Waals surface area contributed by atoms with Crippen molar-refractivity contribution >= 4 is 21.8 Å². The molecule has 0 fully saturated rings. The molecule has 0 saturated carbocycles. The van der Waals surface area contributed by atoms with E-state index in [2.05, 4.69) is 26.2 Å². The minimum absolute atomic E-state index is 0.197. The molecule has 0 bridgehead atoms. The van der Waals surface area contributed by atoms with Crippen LogP contribution < -0.4 is 10.1 Å². The van der Waals surface area contributed by atoms with Gasteiger partial charge in [0, 0.05) is 17.2 Å². The van der Waals surface area contributed by atoms with Gasteiger partial charge in [-0.3, -0.25) is 9.78 Å². The van der Waals surface area contributed by atoms with Crippen LogP contribution in [0.3, 0.4) is 0 Å². The summed E-state index contributed by atoms with van der Waals surface area (Å²) in [6, 6.07) is 11.0. The monoisotopic (exact) mass is 320 g/mol. The summed E-state index contributed by atoms with van der Waals surface area (Å²) in [5.74, 6) is 0.598. The smallest absolute Gasteiger partial charge is 0.270 e. The zero-order valence-electron chi connectivity index (χ0n) is 10.4. The number of nitrogens with one attached hydrogen (secondary N) is 1. The van der Waals surface area contributed by atoms with Crippen molar-refractivity contribution in [2.45, 2.75) is 6.54 Å². The highest BCUT2D eigenvalue weighted by molar-refractivity contribution is 9.10. The normalized spacial score (nSPS) is 10.0. The predicted molar refractivity (Wildman–Crippen MR) is 76.1 cm³/mol. The minimum Gasteiger partial charge on any atom is -0.497 e. The number of amides is 1. The Bertz CT molecular complexity index is 570. The highest BCUT2D eigenvalue weighted by Gasteiger charge is 2.06. The van der Waals surface area contributed by atoms with Gasteiger partial charge in [0.2, 0.25) is 0 Å². The molecule has 0 aliphatic heterocycles. The van der Waals surface area contributed by atoms with Gasteiger partial charge in [0.05, 0.1) is 7.11 Å². The summed E-state index contributed by atoms with van der Waals surface area (Å²) in [5, 5.41) is 2.82. The van der Waals surface area contributed by atoms with E-state index in [4.69, 9.17) is 4.74 Å². The van der Waals surface area contributed by atoms with Crippen LogP contribution in [-0.4, -0.2) is 18.0 Å². The van der Waals surface area contributed by atoms with Gasteiger partial charge in [-0.05, 0) is 29.8 Å². The second kappa shape index (κ2) is 6.33. The van der Waals surface area contributed by atoms with Crippen LogP contribution in [0.1, 0.15) is 16.1 Å². The number of rotatable bonds is 4. The van der Waals surface area contributed by atoms with Crippen LogP contribution in [-0.2, 0) is 6.54 Å². The van der Waals surface area contributed by atoms with Crippen LogP contribution in [0.4, 0.5) is 0 Å². The molecule has 0 aliphatic carbocycles. The Labute approximate surface area is 119 Å². The number of methoxy groups -OCH3 is 1. The molecule has 5 heteroatoms. The van der Waals surface area contributed by atoms with E-state index in [1.54, 1.807) is 25.4 Å². The lowest BCUT2D eigenvalue weighted by Crippen LogP contribution is -2.23. The van der Waals surface area contributed by atoms with E-state index >= 15 is 0 Å². The second-order valence-corrected chi connectivity index (χ2v) is 4.81. The van der Waals surface area contributed by atoms with Gasteiger partial charge in [0.15, 0.2) is 0 Å². The lowest BCUT2D eigenvalue weighted by molar-refractivity contribution is 0.0946. The molecule has 0 atom stereocenters. The zero-order chi connectivity index (χ0) is 13.7. The molecule has 2 aromatic rings. The first-order valence-corrected chi connectivity index (χ1v) is 6.51. The van der Waals surface area contributed by atoms with Crippen molar-refractivity contribution in [3.63, 3.8) is 0 Å². The molecule has 0 saturated heterocycles. The SMILES string of the molecule is COc1ccc(CNC(=O)c2cc(Br)ccn2)cc1. The van der Waals surface area contributed by atoms with E-state index < -0.39 is 0 Å². The first-order valence-electron chi connectivity index (χ1n) is 5.72. The number of halogens is 1. The van der Waals surface area contributed by atoms with Crippen molar-refractivity contribution in [3.05, 3.63) is 58.3 Å². The van der Waals surface area contributed by atoms with Crippen molar-refractivity contribution < 1.29 is 9.53 Å². The molecule has 1 aromatic carbocycles. The number of benzene rings is 1. The van der Waals surface area contributed by atoms with Crippen LogP contribution in [0.5, 0.6) is 5.75 Å². The molecule has 1 heterocycles. The largest absolute Gasteiger partial charge is 0.497 e. The topological polar surface area (TPSA) is 51.2 Å². The molecule has 4 nitrogen and oxygen atoms in total. The van der Waals surface area contributed by atoms with Gasteiger partial charge in [0.25, 0.3) is 5.91 Å². The second-order valence-electron chi connectivity index (χ2n) is 3.89. The van der Waals surface area contributed by atoms with Gasteiger partial charge in [-0.15, -0.1) is 0 Å². The average Bonchev–Trinajstić information content (AvgIpc) is 2.45. The summed E-state index contributed by atoms with van der Waals surface area (Å²) in [6.45, 7) is 0.455. The van der Waals surface area contributed by atoms with Crippen molar-refractivity contribution in [2.24, 2.45) is 0 Å². The van der Waals surface area contributed by atoms with E-state index in [9.17, 15) is 4.79 Å². The van der Waals surface area contributed by atoms with Crippen LogP contribution in [0, 0.1) is 0 Å². The lowest BCUT2D eigenvalue weighted by Gasteiger charge is -2.06. The molecule has 1 N–H and O–H groups in total. The molecular formula is C14H13BrN2O2. The number of hydrogen-bond donors (Lipinski definition) is 1. The van der Waals surface area contributed by atoms with E-state index in [1.165, 1.54) is 0 Å². The van der Waals surface area contributed by atoms with Crippen LogP contribution in [0.2, 0.25) is 0 Å². The molecule has 0 radical (unpaired) electrons. The van der Waals surface area contributed by atoms with Crippen LogP contribution >= 0.6 is 15.9 Å². The number of hydrogen-bond acceptors (Lipinski definition) is 3. The van der Waals surface area contributed by atoms with E-state index in [0.29, 0.717) is 12.2 Å². The third-order valence-electron chi connectivity index (χ3n) is 2.57. The summed E-state index contributed by atoms with van der Waals surface area (Å²) in [5.41, 5.74) is 1.40. The lowest BCUT2D eigenvalue weighted by atomic mass is 10.2. The highest BCUT2D eigenvalue weighted by Crippen LogP contribution is 2.12. The summed E-state index contributed by atoms with van der Waals surface area (Å²) in [4.78, 5) is 15.9. The quantitative estimate of drug-likeness (QED) is 0.942. The van der Waals surface area contributed by atoms with Crippen molar-refractivity contribution in [1.82, 2.24) is 10.3 Å². The third-order valence-corrected chi connectivity index (χ3v) is 3.06. The molecule has 98 valence electrons. The number of ether oxygens (including phenoxy) is 1. The first-order chi connectivity index (χ1) is 9.19. The van der Waals surface area contributed by atoms with Crippen LogP contribution in [0.15, 0.2) is 47.1 Å². The van der Waals surface area contributed by atoms with Gasteiger partial charge < -0.3 is 10.1 Å². The Morgan fingerprint density at radius 2 is 2.05 bits per heavy atom. The van der Waals surface area contributed by atoms with Crippen molar-refractivity contribution in [1.29, 1.82) is 0 Å². The molecule has 0 spiro atoms. The Morgan fingerprint density at radius 3 is 2.68 bits per heavy atom. The molecular weight excluding hydrogens is 308 g/mol. The van der Waals surface area contributed by atoms with Crippen molar-refractivity contribution in [3.8, 4) is 5.75 Å². The standard InChI is InChI=1S/C14H13BrN2O2/c1-19-12-4-2-10(3-5-12)9-17-14(18)13-8-11(15)6-7-16-13/h2-8H,9H2,1H3,(H,17,18). The Balaban J connectivity index is 1.96. The van der Waals surface area contributed by atoms with E-state index in [-0.39, 0.29) is 5.91 Å². The van der Waals surface area contributed by atoms with E-state index in [1.807, 2.05) is 24.3 Å². The first kappa shape index (κ1) is 13.5. The maximum Gasteiger partial charge on any atom is 0.270 e. The van der Waals surface area contributed by atoms with Crippen LogP contribution in [0.25, 0.3) is 0 Å². The Hall–Kier alpha value is -1.88. The fraction of sp³-hybridized carbons (Fsp3) is 0.143. The third kappa shape index (κ3) is 3.79. The fourth-order valence-corrected chi connectivity index (χ4v) is 1.88. The molecule has 1 aromatic heterocycles. The molecule has 19 heavy (non-hydrogen) atoms. The van der Waals surface area contributed by atoms with Gasteiger partial charge in [0.1, 0.15) is 11.4 Å². The highest BCUT2D eigenvalue weighted by atomic mass is 79.9. The minimum atomic E-state index is -0.197. The number of nitrogens with zero attached hydrogens (tertiary/aromatic N) is 1. The molecule has 0 aliphatic rings. The number of aromatic nitrogens is 1. The summed E-state index contributed by atoms with van der Waals surface area (Å²) in [6.07, 6.45) is 1.59. The summed E-state index contributed by atoms with van der Waals surface area (Å²) in [7, 11) is 1.62. The Morgan fingerprint density at radius 1 is 1.32 bits per heavy atom. The van der Waals surface area contributed by atoms with Gasteiger partial charge >= 0.3 is 0 Å². The van der Waals surface area contributed by atoms with E-state index in [0.717, 1.165) is 15.8 Å². The molecule has 2 rings (SSSR count). The molecule has 0 unspecified atom stereocenters. The number of carbonyl (C=O) groups excluding carboxylic acids is 1. The number of carbonyl (C=O) groups is 1. The Kier molecular flexibility index (Phi) is 4.52. The predicted octanol–water partition coefficient (Wildman–Crippen LogP) is 2.78. The maximum atomic E-state index is 11.9. The fourth-order valence-electron chi connectivity index (χ4n) is 1.55. The van der Waals surface area contributed by atoms with Gasteiger partial charge in [-0.25, -0.2) is 0 Å². The zero-order valence-corrected chi connectivity index (χ0v) is 12.0. The van der Waals surface area contributed by atoms with Gasteiger partial charge in [-0.1, -0.05) is 28.1 Å². The van der Waals surface area contributed by atoms with Gasteiger partial charge in [-0.2, -0.15) is 0 Å². The summed E-state index contributed by atoms with van der Waals surface area (Å²) < 4.78 is 5.91. The summed E-state index contributed by atoms with van der Waals surface area (Å²) >= 11 is 3.31. The maximum absolute atomic E-state index is 11.9. The average molecular weight is 321 g/mol. The van der Waals surface area contributed by atoms with Crippen molar-refractivity contribution in [2.75, 3.05) is 7.11 Å². The number of pyridine rings is 1.